The van der Waals surface area contributed by atoms with Gasteiger partial charge >= 0.3 is 6.18 Å². The Labute approximate surface area is 202 Å². The van der Waals surface area contributed by atoms with Crippen molar-refractivity contribution in [1.29, 1.82) is 5.26 Å². The lowest BCUT2D eigenvalue weighted by Crippen LogP contribution is -2.60. The normalized spacial score (nSPS) is 20.8. The largest absolute Gasteiger partial charge is 0.417 e. The molecule has 2 N–H and O–H groups in total. The summed E-state index contributed by atoms with van der Waals surface area (Å²) < 4.78 is 38.4. The van der Waals surface area contributed by atoms with Crippen molar-refractivity contribution in [2.24, 2.45) is 4.99 Å². The number of amidine groups is 1. The summed E-state index contributed by atoms with van der Waals surface area (Å²) in [7, 11) is 0. The number of nitrogens with one attached hydrogen (secondary N) is 2. The summed E-state index contributed by atoms with van der Waals surface area (Å²) in [5.41, 5.74) is -1.21. The van der Waals surface area contributed by atoms with Gasteiger partial charge in [-0.1, -0.05) is 21.3 Å². The Hall–Kier alpha value is -2.38. The van der Waals surface area contributed by atoms with E-state index in [-0.39, 0.29) is 20.9 Å². The van der Waals surface area contributed by atoms with E-state index in [0.717, 1.165) is 51.0 Å². The van der Waals surface area contributed by atoms with Crippen molar-refractivity contribution in [2.45, 2.75) is 72.1 Å². The predicted octanol–water partition coefficient (Wildman–Crippen LogP) is 4.27. The van der Waals surface area contributed by atoms with Gasteiger partial charge in [-0.3, -0.25) is 15.2 Å². The quantitative estimate of drug-likeness (QED) is 0.288. The van der Waals surface area contributed by atoms with Crippen molar-refractivity contribution < 1.29 is 13.2 Å². The molecule has 0 spiro atoms. The first-order valence-corrected chi connectivity index (χ1v) is 11.2. The van der Waals surface area contributed by atoms with Gasteiger partial charge in [-0.2, -0.15) is 18.4 Å². The van der Waals surface area contributed by atoms with Crippen LogP contribution in [0.4, 0.5) is 19.0 Å². The number of nitriles is 1. The van der Waals surface area contributed by atoms with Crippen LogP contribution in [0.1, 0.15) is 59.9 Å². The molecule has 0 aliphatic carbocycles. The second-order valence-corrected chi connectivity index (χ2v) is 8.84. The molecule has 0 bridgehead atoms. The van der Waals surface area contributed by atoms with Gasteiger partial charge in [0.25, 0.3) is 0 Å². The number of hydrogen-bond donors (Lipinski definition) is 2. The van der Waals surface area contributed by atoms with E-state index in [1.807, 2.05) is 11.1 Å². The molecule has 2 aliphatic rings. The van der Waals surface area contributed by atoms with Crippen LogP contribution >= 0.6 is 0 Å². The maximum Gasteiger partial charge on any atom is 0.417 e. The highest BCUT2D eigenvalue weighted by Gasteiger charge is 2.36. The number of pyridine rings is 1. The topological polar surface area (TPSA) is 79.6 Å². The van der Waals surface area contributed by atoms with E-state index < -0.39 is 17.3 Å². The molecule has 10 heteroatoms. The van der Waals surface area contributed by atoms with Crippen LogP contribution in [0.15, 0.2) is 23.3 Å². The summed E-state index contributed by atoms with van der Waals surface area (Å²) in [5, 5.41) is 15.6. The molecule has 0 aromatic carbocycles. The summed E-state index contributed by atoms with van der Waals surface area (Å²) in [6, 6.07) is 2.68. The van der Waals surface area contributed by atoms with Crippen LogP contribution in [0.3, 0.4) is 0 Å². The molecule has 192 valence electrons. The van der Waals surface area contributed by atoms with Gasteiger partial charge in [0.1, 0.15) is 11.7 Å². The van der Waals surface area contributed by atoms with E-state index in [1.54, 1.807) is 0 Å². The van der Waals surface area contributed by atoms with Crippen molar-refractivity contribution >= 4 is 11.7 Å². The minimum absolute atomic E-state index is 0. The Morgan fingerprint density at radius 3 is 2.41 bits per heavy atom. The fraction of sp³-hybridized carbons (Fsp3) is 0.708. The van der Waals surface area contributed by atoms with E-state index in [0.29, 0.717) is 37.8 Å². The molecule has 1 aromatic heterocycles. The van der Waals surface area contributed by atoms with Gasteiger partial charge < -0.3 is 10.2 Å². The summed E-state index contributed by atoms with van der Waals surface area (Å²) in [4.78, 5) is 13.2. The van der Waals surface area contributed by atoms with Crippen LogP contribution in [0.25, 0.3) is 0 Å². The Morgan fingerprint density at radius 2 is 1.82 bits per heavy atom. The van der Waals surface area contributed by atoms with Crippen LogP contribution < -0.4 is 15.5 Å². The first-order chi connectivity index (χ1) is 15.2. The van der Waals surface area contributed by atoms with Crippen LogP contribution in [0.5, 0.6) is 0 Å². The molecular formula is C24H40F3N7. The van der Waals surface area contributed by atoms with E-state index in [9.17, 15) is 18.4 Å². The number of piperazine rings is 1. The summed E-state index contributed by atoms with van der Waals surface area (Å²) >= 11 is 0. The van der Waals surface area contributed by atoms with Crippen molar-refractivity contribution in [2.75, 3.05) is 44.2 Å². The molecule has 0 saturated carbocycles. The average Bonchev–Trinajstić information content (AvgIpc) is 2.74. The molecule has 3 heterocycles. The number of aliphatic imine (C=N–C) groups is 1. The van der Waals surface area contributed by atoms with E-state index in [2.05, 4.69) is 34.4 Å². The molecule has 1 aromatic rings. The van der Waals surface area contributed by atoms with Crippen LogP contribution in [0.2, 0.25) is 0 Å². The number of anilines is 1. The lowest BCUT2D eigenvalue weighted by Gasteiger charge is -2.44. The standard InChI is InChI=1S/C22H32F3N7.2CH4/c1-21(2,20(29-16-26)30-18-5-3-4-9-27-10-8-18)32-13-11-31(12-14-32)19-7-6-17(15-28-19)22(23,24)25;;/h6-7,15,18,27H,3-5,8-14H2,1-2H3,(H,29,30);2*1H4. The zero-order valence-electron chi connectivity index (χ0n) is 18.8. The molecule has 1 unspecified atom stereocenters. The number of hydrogen-bond acceptors (Lipinski definition) is 6. The zero-order chi connectivity index (χ0) is 23.2. The van der Waals surface area contributed by atoms with Crippen LogP contribution in [0, 0.1) is 11.5 Å². The lowest BCUT2D eigenvalue weighted by molar-refractivity contribution is -0.137. The zero-order valence-corrected chi connectivity index (χ0v) is 18.8. The maximum atomic E-state index is 12.8. The van der Waals surface area contributed by atoms with Crippen molar-refractivity contribution in [3.05, 3.63) is 23.9 Å². The molecule has 0 radical (unpaired) electrons. The molecular weight excluding hydrogens is 443 g/mol. The Morgan fingerprint density at radius 1 is 1.12 bits per heavy atom. The number of rotatable bonds is 4. The highest BCUT2D eigenvalue weighted by atomic mass is 19.4. The third kappa shape index (κ3) is 7.57. The van der Waals surface area contributed by atoms with Gasteiger partial charge in [0.05, 0.1) is 17.1 Å². The first-order valence-electron chi connectivity index (χ1n) is 11.2. The van der Waals surface area contributed by atoms with Crippen molar-refractivity contribution in [3.8, 4) is 6.19 Å². The van der Waals surface area contributed by atoms with E-state index in [1.165, 1.54) is 6.07 Å². The van der Waals surface area contributed by atoms with Crippen molar-refractivity contribution in [3.63, 3.8) is 0 Å². The number of nitrogens with zero attached hydrogens (tertiary/aromatic N) is 5. The van der Waals surface area contributed by atoms with Gasteiger partial charge in [-0.15, -0.1) is 0 Å². The SMILES string of the molecule is C.C.CC(C)(C(=NC1CCCCNCC1)NC#N)N1CCN(c2ccc(C(F)(F)F)cn2)CC1. The molecule has 2 aliphatic heterocycles. The Kier molecular flexibility index (Phi) is 11.3. The third-order valence-corrected chi connectivity index (χ3v) is 6.33. The minimum atomic E-state index is -4.38. The number of aromatic nitrogens is 1. The smallest absolute Gasteiger partial charge is 0.354 e. The fourth-order valence-electron chi connectivity index (χ4n) is 4.26. The molecule has 2 fully saturated rings. The van der Waals surface area contributed by atoms with Gasteiger partial charge in [0.2, 0.25) is 0 Å². The van der Waals surface area contributed by atoms with E-state index in [4.69, 9.17) is 4.99 Å². The Bertz CT molecular complexity index is 799. The number of alkyl halides is 3. The Balaban J connectivity index is 0.00000289. The monoisotopic (exact) mass is 483 g/mol. The molecule has 34 heavy (non-hydrogen) atoms. The van der Waals surface area contributed by atoms with Crippen LogP contribution in [-0.2, 0) is 6.18 Å². The second-order valence-electron chi connectivity index (χ2n) is 8.84. The lowest BCUT2D eigenvalue weighted by atomic mass is 9.98. The van der Waals surface area contributed by atoms with Crippen LogP contribution in [-0.4, -0.2) is 66.6 Å². The third-order valence-electron chi connectivity index (χ3n) is 6.33. The predicted molar refractivity (Wildman–Crippen MR) is 132 cm³/mol. The highest BCUT2D eigenvalue weighted by Crippen LogP contribution is 2.30. The fourth-order valence-corrected chi connectivity index (χ4v) is 4.26. The van der Waals surface area contributed by atoms with Gasteiger partial charge in [0, 0.05) is 32.4 Å². The maximum absolute atomic E-state index is 12.8. The minimum Gasteiger partial charge on any atom is -0.354 e. The second kappa shape index (κ2) is 12.9. The molecule has 7 nitrogen and oxygen atoms in total. The highest BCUT2D eigenvalue weighted by molar-refractivity contribution is 5.92. The van der Waals surface area contributed by atoms with Gasteiger partial charge in [0.15, 0.2) is 6.19 Å². The number of halogens is 3. The molecule has 2 saturated heterocycles. The molecule has 0 amide bonds. The van der Waals surface area contributed by atoms with Crippen molar-refractivity contribution in [1.82, 2.24) is 20.5 Å². The van der Waals surface area contributed by atoms with E-state index >= 15 is 0 Å². The first kappa shape index (κ1) is 29.7. The summed E-state index contributed by atoms with van der Waals surface area (Å²) in [5.74, 6) is 1.22. The summed E-state index contributed by atoms with van der Waals surface area (Å²) in [6.07, 6.45) is 2.76. The van der Waals surface area contributed by atoms with Gasteiger partial charge in [-0.25, -0.2) is 4.98 Å². The average molecular weight is 484 g/mol. The summed E-state index contributed by atoms with van der Waals surface area (Å²) in [6.45, 7) is 8.73. The molecule has 3 rings (SSSR count). The molecule has 1 atom stereocenters. The van der Waals surface area contributed by atoms with Gasteiger partial charge in [-0.05, 0) is 58.3 Å².